The summed E-state index contributed by atoms with van der Waals surface area (Å²) in [5, 5.41) is 0. The van der Waals surface area contributed by atoms with Gasteiger partial charge in [-0.1, -0.05) is 42.5 Å². The first kappa shape index (κ1) is 12.7. The second-order valence-electron chi connectivity index (χ2n) is 4.50. The Morgan fingerprint density at radius 2 is 1.56 bits per heavy atom. The summed E-state index contributed by atoms with van der Waals surface area (Å²) in [4.78, 5) is 0. The van der Waals surface area contributed by atoms with E-state index in [9.17, 15) is 0 Å². The van der Waals surface area contributed by atoms with Crippen LogP contribution in [0.15, 0.2) is 54.6 Å². The minimum Gasteiger partial charge on any atom is -0.494 e. The molecule has 0 aromatic heterocycles. The van der Waals surface area contributed by atoms with Crippen molar-refractivity contribution < 1.29 is 4.74 Å². The lowest BCUT2D eigenvalue weighted by Crippen LogP contribution is -2.18. The Balaban J connectivity index is 1.98. The average Bonchev–Trinajstić information content (AvgIpc) is 2.40. The highest BCUT2D eigenvalue weighted by molar-refractivity contribution is 5.63. The molecule has 0 aliphatic rings. The van der Waals surface area contributed by atoms with Crippen molar-refractivity contribution in [2.45, 2.75) is 19.4 Å². The molecule has 2 aromatic rings. The van der Waals surface area contributed by atoms with E-state index < -0.39 is 0 Å². The Labute approximate surface area is 108 Å². The van der Waals surface area contributed by atoms with Crippen molar-refractivity contribution in [1.29, 1.82) is 0 Å². The van der Waals surface area contributed by atoms with Crippen molar-refractivity contribution >= 4 is 0 Å². The zero-order chi connectivity index (χ0) is 12.8. The highest BCUT2D eigenvalue weighted by Gasteiger charge is 1.99. The van der Waals surface area contributed by atoms with E-state index in [0.717, 1.165) is 12.2 Å². The van der Waals surface area contributed by atoms with Gasteiger partial charge in [-0.3, -0.25) is 0 Å². The van der Waals surface area contributed by atoms with E-state index in [-0.39, 0.29) is 6.04 Å². The highest BCUT2D eigenvalue weighted by atomic mass is 16.5. The van der Waals surface area contributed by atoms with Crippen molar-refractivity contribution in [1.82, 2.24) is 0 Å². The largest absolute Gasteiger partial charge is 0.494 e. The van der Waals surface area contributed by atoms with Gasteiger partial charge < -0.3 is 10.5 Å². The summed E-state index contributed by atoms with van der Waals surface area (Å²) in [6, 6.07) is 18.7. The molecule has 2 N–H and O–H groups in total. The maximum absolute atomic E-state index is 5.68. The molecule has 1 atom stereocenters. The molecule has 0 saturated heterocycles. The zero-order valence-electron chi connectivity index (χ0n) is 10.7. The topological polar surface area (TPSA) is 35.2 Å². The van der Waals surface area contributed by atoms with Crippen molar-refractivity contribution in [3.05, 3.63) is 54.6 Å². The highest BCUT2D eigenvalue weighted by Crippen LogP contribution is 2.22. The number of rotatable bonds is 5. The van der Waals surface area contributed by atoms with Crippen LogP contribution in [0, 0.1) is 0 Å². The molecule has 18 heavy (non-hydrogen) atoms. The fraction of sp³-hybridized carbons (Fsp3) is 0.250. The average molecular weight is 241 g/mol. The van der Waals surface area contributed by atoms with Crippen LogP contribution in [0.25, 0.3) is 11.1 Å². The SMILES string of the molecule is CC(N)CCOc1ccc(-c2ccccc2)cc1. The van der Waals surface area contributed by atoms with Gasteiger partial charge in [0.25, 0.3) is 0 Å². The number of nitrogens with two attached hydrogens (primary N) is 1. The molecule has 0 radical (unpaired) electrons. The quantitative estimate of drug-likeness (QED) is 0.870. The zero-order valence-corrected chi connectivity index (χ0v) is 10.7. The molecule has 0 aliphatic heterocycles. The van der Waals surface area contributed by atoms with Gasteiger partial charge in [-0.15, -0.1) is 0 Å². The normalized spacial score (nSPS) is 12.1. The lowest BCUT2D eigenvalue weighted by molar-refractivity contribution is 0.301. The Kier molecular flexibility index (Phi) is 4.37. The van der Waals surface area contributed by atoms with Crippen LogP contribution >= 0.6 is 0 Å². The summed E-state index contributed by atoms with van der Waals surface area (Å²) in [6.07, 6.45) is 0.875. The van der Waals surface area contributed by atoms with Gasteiger partial charge in [-0.05, 0) is 36.6 Å². The van der Waals surface area contributed by atoms with Crippen LogP contribution in [-0.4, -0.2) is 12.6 Å². The van der Waals surface area contributed by atoms with Gasteiger partial charge in [0.15, 0.2) is 0 Å². The molecule has 2 rings (SSSR count). The van der Waals surface area contributed by atoms with Gasteiger partial charge in [-0.25, -0.2) is 0 Å². The summed E-state index contributed by atoms with van der Waals surface area (Å²) in [5.41, 5.74) is 8.10. The van der Waals surface area contributed by atoms with Gasteiger partial charge in [0.05, 0.1) is 6.61 Å². The molecule has 0 saturated carbocycles. The second kappa shape index (κ2) is 6.22. The minimum atomic E-state index is 0.189. The van der Waals surface area contributed by atoms with Crippen LogP contribution in [0.1, 0.15) is 13.3 Å². The molecular weight excluding hydrogens is 222 g/mol. The van der Waals surface area contributed by atoms with Crippen molar-refractivity contribution in [3.8, 4) is 16.9 Å². The molecule has 2 nitrogen and oxygen atoms in total. The first-order valence-corrected chi connectivity index (χ1v) is 6.29. The first-order valence-electron chi connectivity index (χ1n) is 6.29. The summed E-state index contributed by atoms with van der Waals surface area (Å²) in [7, 11) is 0. The number of hydrogen-bond donors (Lipinski definition) is 1. The molecular formula is C16H19NO. The Morgan fingerprint density at radius 1 is 0.944 bits per heavy atom. The third kappa shape index (κ3) is 3.60. The van der Waals surface area contributed by atoms with Crippen LogP contribution < -0.4 is 10.5 Å². The van der Waals surface area contributed by atoms with E-state index >= 15 is 0 Å². The molecule has 1 unspecified atom stereocenters. The smallest absolute Gasteiger partial charge is 0.119 e. The van der Waals surface area contributed by atoms with Crippen LogP contribution in [0.2, 0.25) is 0 Å². The Morgan fingerprint density at radius 3 is 2.17 bits per heavy atom. The van der Waals surface area contributed by atoms with Gasteiger partial charge >= 0.3 is 0 Å². The molecule has 0 spiro atoms. The van der Waals surface area contributed by atoms with Crippen LogP contribution in [0.4, 0.5) is 0 Å². The Hall–Kier alpha value is -1.80. The van der Waals surface area contributed by atoms with Gasteiger partial charge in [0.1, 0.15) is 5.75 Å². The molecule has 94 valence electrons. The summed E-state index contributed by atoms with van der Waals surface area (Å²) in [6.45, 7) is 2.66. The number of ether oxygens (including phenoxy) is 1. The third-order valence-corrected chi connectivity index (χ3v) is 2.80. The van der Waals surface area contributed by atoms with Crippen LogP contribution in [0.3, 0.4) is 0 Å². The van der Waals surface area contributed by atoms with E-state index in [1.807, 2.05) is 37.3 Å². The van der Waals surface area contributed by atoms with Crippen molar-refractivity contribution in [3.63, 3.8) is 0 Å². The number of benzene rings is 2. The monoisotopic (exact) mass is 241 g/mol. The molecule has 0 fully saturated rings. The van der Waals surface area contributed by atoms with Crippen LogP contribution in [-0.2, 0) is 0 Å². The fourth-order valence-corrected chi connectivity index (χ4v) is 1.74. The van der Waals surface area contributed by atoms with E-state index in [4.69, 9.17) is 10.5 Å². The molecule has 2 heteroatoms. The third-order valence-electron chi connectivity index (χ3n) is 2.80. The standard InChI is InChI=1S/C16H19NO/c1-13(17)11-12-18-16-9-7-15(8-10-16)14-5-3-2-4-6-14/h2-10,13H,11-12,17H2,1H3. The van der Waals surface area contributed by atoms with Gasteiger partial charge in [-0.2, -0.15) is 0 Å². The number of hydrogen-bond acceptors (Lipinski definition) is 2. The minimum absolute atomic E-state index is 0.189. The molecule has 0 bridgehead atoms. The lowest BCUT2D eigenvalue weighted by Gasteiger charge is -2.09. The lowest BCUT2D eigenvalue weighted by atomic mass is 10.1. The van der Waals surface area contributed by atoms with E-state index in [1.165, 1.54) is 11.1 Å². The molecule has 0 amide bonds. The van der Waals surface area contributed by atoms with E-state index in [1.54, 1.807) is 0 Å². The van der Waals surface area contributed by atoms with Crippen LogP contribution in [0.5, 0.6) is 5.75 Å². The predicted octanol–water partition coefficient (Wildman–Crippen LogP) is 3.47. The summed E-state index contributed by atoms with van der Waals surface area (Å²) in [5.74, 6) is 0.898. The molecule has 0 aliphatic carbocycles. The van der Waals surface area contributed by atoms with Crippen molar-refractivity contribution in [2.24, 2.45) is 5.73 Å². The predicted molar refractivity (Wildman–Crippen MR) is 75.6 cm³/mol. The molecule has 2 aromatic carbocycles. The summed E-state index contributed by atoms with van der Waals surface area (Å²) < 4.78 is 5.63. The van der Waals surface area contributed by atoms with Gasteiger partial charge in [0, 0.05) is 6.04 Å². The van der Waals surface area contributed by atoms with E-state index in [0.29, 0.717) is 6.61 Å². The maximum atomic E-state index is 5.68. The molecule has 0 heterocycles. The first-order chi connectivity index (χ1) is 8.75. The second-order valence-corrected chi connectivity index (χ2v) is 4.50. The van der Waals surface area contributed by atoms with Crippen molar-refractivity contribution in [2.75, 3.05) is 6.61 Å². The maximum Gasteiger partial charge on any atom is 0.119 e. The fourth-order valence-electron chi connectivity index (χ4n) is 1.74. The Bertz CT molecular complexity index is 462. The van der Waals surface area contributed by atoms with Gasteiger partial charge in [0.2, 0.25) is 0 Å². The summed E-state index contributed by atoms with van der Waals surface area (Å²) >= 11 is 0. The van der Waals surface area contributed by atoms with E-state index in [2.05, 4.69) is 24.3 Å².